The van der Waals surface area contributed by atoms with Crippen molar-refractivity contribution in [2.45, 2.75) is 32.9 Å². The summed E-state index contributed by atoms with van der Waals surface area (Å²) in [6.45, 7) is 5.06. The molecule has 0 bridgehead atoms. The summed E-state index contributed by atoms with van der Waals surface area (Å²) in [4.78, 5) is 11.0. The number of rotatable bonds is 3. The Bertz CT molecular complexity index is 121. The Kier molecular flexibility index (Phi) is 3.53. The summed E-state index contributed by atoms with van der Waals surface area (Å²) in [6, 6.07) is -0.722. The lowest BCUT2D eigenvalue weighted by Crippen LogP contribution is -2.42. The highest BCUT2D eigenvalue weighted by Crippen LogP contribution is 2.00. The van der Waals surface area contributed by atoms with Crippen molar-refractivity contribution in [3.63, 3.8) is 0 Å². The van der Waals surface area contributed by atoms with Crippen LogP contribution < -0.4 is 5.73 Å². The Morgan fingerprint density at radius 1 is 1.40 bits per heavy atom. The van der Waals surface area contributed by atoms with Crippen molar-refractivity contribution < 1.29 is 9.90 Å². The van der Waals surface area contributed by atoms with Crippen LogP contribution in [0.3, 0.4) is 0 Å². The van der Waals surface area contributed by atoms with Gasteiger partial charge in [0, 0.05) is 5.92 Å². The van der Waals surface area contributed by atoms with Crippen molar-refractivity contribution in [2.24, 2.45) is 11.7 Å². The Hall–Kier alpha value is -0.410. The molecule has 3 N–H and O–H groups in total. The summed E-state index contributed by atoms with van der Waals surface area (Å²) in [5, 5.41) is 8.89. The molecule has 3 nitrogen and oxygen atoms in total. The molecular weight excluding hydrogens is 130 g/mol. The van der Waals surface area contributed by atoms with Gasteiger partial charge >= 0.3 is 0 Å². The number of Topliss-reactive ketones (excluding diaryl/α,β-unsaturated/α-hetero) is 1. The van der Waals surface area contributed by atoms with Gasteiger partial charge in [-0.15, -0.1) is 0 Å². The molecule has 0 fully saturated rings. The minimum atomic E-state index is -0.741. The van der Waals surface area contributed by atoms with Crippen LogP contribution in [0, 0.1) is 5.92 Å². The molecule has 0 heterocycles. The number of carbonyl (C=O) groups is 1. The van der Waals surface area contributed by atoms with Gasteiger partial charge in [0.05, 0.1) is 12.1 Å². The van der Waals surface area contributed by atoms with Crippen molar-refractivity contribution in [3.05, 3.63) is 0 Å². The molecule has 2 unspecified atom stereocenters. The number of aliphatic hydroxyl groups excluding tert-OH is 1. The van der Waals surface area contributed by atoms with Gasteiger partial charge in [-0.1, -0.05) is 13.8 Å². The van der Waals surface area contributed by atoms with Crippen LogP contribution in [0.2, 0.25) is 0 Å². The molecule has 0 aliphatic heterocycles. The highest BCUT2D eigenvalue weighted by atomic mass is 16.3. The number of hydrogen-bond acceptors (Lipinski definition) is 3. The molecule has 60 valence electrons. The summed E-state index contributed by atoms with van der Waals surface area (Å²) in [5.74, 6) is -0.181. The summed E-state index contributed by atoms with van der Waals surface area (Å²) in [7, 11) is 0. The van der Waals surface area contributed by atoms with E-state index in [0.29, 0.717) is 0 Å². The van der Waals surface area contributed by atoms with Crippen molar-refractivity contribution in [1.82, 2.24) is 0 Å². The second-order valence-corrected chi connectivity index (χ2v) is 2.82. The summed E-state index contributed by atoms with van der Waals surface area (Å²) in [5.41, 5.74) is 5.36. The first kappa shape index (κ1) is 9.59. The monoisotopic (exact) mass is 145 g/mol. The quantitative estimate of drug-likeness (QED) is 0.584. The molecule has 0 aromatic carbocycles. The number of nitrogens with two attached hydrogens (primary N) is 1. The van der Waals surface area contributed by atoms with E-state index >= 15 is 0 Å². The number of aliphatic hydroxyl groups is 1. The molecule has 0 aromatic heterocycles. The van der Waals surface area contributed by atoms with Crippen LogP contribution in [0.5, 0.6) is 0 Å². The van der Waals surface area contributed by atoms with E-state index in [-0.39, 0.29) is 11.7 Å². The molecule has 0 saturated carbocycles. The van der Waals surface area contributed by atoms with Gasteiger partial charge in [0.15, 0.2) is 5.78 Å². The molecule has 0 rings (SSSR count). The lowest BCUT2D eigenvalue weighted by molar-refractivity contribution is -0.125. The van der Waals surface area contributed by atoms with Crippen LogP contribution in [-0.2, 0) is 4.79 Å². The predicted octanol–water partition coefficient (Wildman–Crippen LogP) is -0.0804. The first-order chi connectivity index (χ1) is 4.46. The van der Waals surface area contributed by atoms with Gasteiger partial charge in [-0.25, -0.2) is 0 Å². The number of carbonyl (C=O) groups excluding carboxylic acids is 1. The molecule has 0 spiro atoms. The van der Waals surface area contributed by atoms with Gasteiger partial charge in [-0.05, 0) is 6.92 Å². The third-order valence-corrected chi connectivity index (χ3v) is 1.42. The molecule has 0 aromatic rings. The van der Waals surface area contributed by atoms with Gasteiger partial charge < -0.3 is 10.8 Å². The molecule has 10 heavy (non-hydrogen) atoms. The SMILES string of the molecule is CC(C)C(=O)C(N)C(C)O. The van der Waals surface area contributed by atoms with E-state index in [1.54, 1.807) is 13.8 Å². The normalized spacial score (nSPS) is 17.0. The molecule has 0 radical (unpaired) electrons. The highest BCUT2D eigenvalue weighted by molar-refractivity contribution is 5.85. The van der Waals surface area contributed by atoms with E-state index in [1.807, 2.05) is 0 Å². The first-order valence-corrected chi connectivity index (χ1v) is 3.44. The van der Waals surface area contributed by atoms with Gasteiger partial charge in [0.2, 0.25) is 0 Å². The smallest absolute Gasteiger partial charge is 0.154 e. The van der Waals surface area contributed by atoms with Gasteiger partial charge in [-0.2, -0.15) is 0 Å². The number of ketones is 1. The summed E-state index contributed by atoms with van der Waals surface area (Å²) in [6.07, 6.45) is -0.741. The largest absolute Gasteiger partial charge is 0.391 e. The fraction of sp³-hybridized carbons (Fsp3) is 0.857. The van der Waals surface area contributed by atoms with Crippen LogP contribution in [0.25, 0.3) is 0 Å². The lowest BCUT2D eigenvalue weighted by Gasteiger charge is -2.14. The van der Waals surface area contributed by atoms with E-state index in [9.17, 15) is 4.79 Å². The van der Waals surface area contributed by atoms with E-state index < -0.39 is 12.1 Å². The summed E-state index contributed by atoms with van der Waals surface area (Å²) < 4.78 is 0. The van der Waals surface area contributed by atoms with Gasteiger partial charge in [-0.3, -0.25) is 4.79 Å². The molecular formula is C7H15NO2. The van der Waals surface area contributed by atoms with Crippen LogP contribution in [0.4, 0.5) is 0 Å². The maximum absolute atomic E-state index is 11.0. The minimum Gasteiger partial charge on any atom is -0.391 e. The zero-order valence-electron chi connectivity index (χ0n) is 6.66. The Balaban J connectivity index is 3.95. The second-order valence-electron chi connectivity index (χ2n) is 2.82. The second kappa shape index (κ2) is 3.68. The zero-order chi connectivity index (χ0) is 8.31. The number of hydrogen-bond donors (Lipinski definition) is 2. The Labute approximate surface area is 61.2 Å². The first-order valence-electron chi connectivity index (χ1n) is 3.44. The van der Waals surface area contributed by atoms with Crippen molar-refractivity contribution in [2.75, 3.05) is 0 Å². The standard InChI is InChI=1S/C7H15NO2/c1-4(2)7(10)6(8)5(3)9/h4-6,9H,8H2,1-3H3. The third-order valence-electron chi connectivity index (χ3n) is 1.42. The maximum Gasteiger partial charge on any atom is 0.154 e. The maximum atomic E-state index is 11.0. The fourth-order valence-electron chi connectivity index (χ4n) is 0.623. The Morgan fingerprint density at radius 2 is 1.80 bits per heavy atom. The fourth-order valence-corrected chi connectivity index (χ4v) is 0.623. The molecule has 0 aliphatic rings. The molecule has 0 saturated heterocycles. The third kappa shape index (κ3) is 2.45. The molecule has 3 heteroatoms. The van der Waals surface area contributed by atoms with E-state index in [4.69, 9.17) is 10.8 Å². The Morgan fingerprint density at radius 3 is 1.90 bits per heavy atom. The molecule has 0 aliphatic carbocycles. The van der Waals surface area contributed by atoms with Gasteiger partial charge in [0.1, 0.15) is 0 Å². The van der Waals surface area contributed by atoms with Gasteiger partial charge in [0.25, 0.3) is 0 Å². The average molecular weight is 145 g/mol. The topological polar surface area (TPSA) is 63.3 Å². The van der Waals surface area contributed by atoms with Crippen molar-refractivity contribution in [3.8, 4) is 0 Å². The van der Waals surface area contributed by atoms with E-state index in [1.165, 1.54) is 6.92 Å². The van der Waals surface area contributed by atoms with Crippen molar-refractivity contribution >= 4 is 5.78 Å². The van der Waals surface area contributed by atoms with Crippen LogP contribution >= 0.6 is 0 Å². The van der Waals surface area contributed by atoms with Crippen molar-refractivity contribution in [1.29, 1.82) is 0 Å². The van der Waals surface area contributed by atoms with Crippen LogP contribution in [-0.4, -0.2) is 23.0 Å². The zero-order valence-corrected chi connectivity index (χ0v) is 6.66. The van der Waals surface area contributed by atoms with E-state index in [2.05, 4.69) is 0 Å². The van der Waals surface area contributed by atoms with Crippen LogP contribution in [0.15, 0.2) is 0 Å². The molecule has 2 atom stereocenters. The lowest BCUT2D eigenvalue weighted by atomic mass is 9.99. The van der Waals surface area contributed by atoms with Crippen LogP contribution in [0.1, 0.15) is 20.8 Å². The van der Waals surface area contributed by atoms with E-state index in [0.717, 1.165) is 0 Å². The predicted molar refractivity (Wildman–Crippen MR) is 39.5 cm³/mol. The minimum absolute atomic E-state index is 0.0880. The molecule has 0 amide bonds. The average Bonchev–Trinajstić information content (AvgIpc) is 1.84. The summed E-state index contributed by atoms with van der Waals surface area (Å²) >= 11 is 0. The highest BCUT2D eigenvalue weighted by Gasteiger charge is 2.20.